The quantitative estimate of drug-likeness (QED) is 0.506. The molecule has 1 heterocycles. The molecule has 4 heteroatoms. The lowest BCUT2D eigenvalue weighted by Crippen LogP contribution is -2.21. The van der Waals surface area contributed by atoms with E-state index in [2.05, 4.69) is 10.3 Å². The highest BCUT2D eigenvalue weighted by Crippen LogP contribution is 1.97. The topological polar surface area (TPSA) is 30.7 Å². The van der Waals surface area contributed by atoms with E-state index in [-0.39, 0.29) is 0 Å². The van der Waals surface area contributed by atoms with Crippen molar-refractivity contribution in [2.75, 3.05) is 0 Å². The molecule has 1 aromatic rings. The summed E-state index contributed by atoms with van der Waals surface area (Å²) in [5, 5.41) is 7.68. The largest absolute Gasteiger partial charge is 0.257 e. The summed E-state index contributed by atoms with van der Waals surface area (Å²) in [4.78, 5) is 0. The van der Waals surface area contributed by atoms with E-state index in [9.17, 15) is 0 Å². The van der Waals surface area contributed by atoms with Crippen LogP contribution in [0.4, 0.5) is 0 Å². The van der Waals surface area contributed by atoms with E-state index in [4.69, 9.17) is 7.85 Å². The van der Waals surface area contributed by atoms with E-state index in [0.717, 1.165) is 5.69 Å². The van der Waals surface area contributed by atoms with Crippen LogP contribution in [0.25, 0.3) is 0 Å². The molecule has 0 fully saturated rings. The van der Waals surface area contributed by atoms with Crippen molar-refractivity contribution >= 4 is 13.4 Å². The molecule has 0 aliphatic carbocycles. The van der Waals surface area contributed by atoms with Crippen molar-refractivity contribution in [2.45, 2.75) is 26.8 Å². The molecule has 0 aliphatic rings. The van der Waals surface area contributed by atoms with E-state index >= 15 is 0 Å². The normalized spacial score (nSPS) is 10.8. The second kappa shape index (κ2) is 2.44. The van der Waals surface area contributed by atoms with Crippen molar-refractivity contribution in [2.24, 2.45) is 0 Å². The van der Waals surface area contributed by atoms with Crippen LogP contribution >= 0.6 is 0 Å². The maximum absolute atomic E-state index is 5.64. The highest BCUT2D eigenvalue weighted by atomic mass is 15.4. The Morgan fingerprint density at radius 2 is 2.10 bits per heavy atom. The molecule has 52 valence electrons. The van der Waals surface area contributed by atoms with Gasteiger partial charge >= 0.3 is 0 Å². The van der Waals surface area contributed by atoms with Crippen LogP contribution in [0, 0.1) is 6.92 Å². The zero-order valence-corrected chi connectivity index (χ0v) is 6.50. The van der Waals surface area contributed by atoms with Crippen LogP contribution in [-0.2, 0) is 0 Å². The number of aromatic nitrogens is 3. The average molecular weight is 135 g/mol. The fourth-order valence-electron chi connectivity index (χ4n) is 0.762. The summed E-state index contributed by atoms with van der Waals surface area (Å²) >= 11 is 0. The SMILES string of the molecule is [B]c1c(C)nnn1C(C)C. The maximum Gasteiger partial charge on any atom is 0.144 e. The number of rotatable bonds is 1. The van der Waals surface area contributed by atoms with Crippen molar-refractivity contribution in [3.63, 3.8) is 0 Å². The highest BCUT2D eigenvalue weighted by Gasteiger charge is 2.04. The lowest BCUT2D eigenvalue weighted by atomic mass is 10.0. The van der Waals surface area contributed by atoms with Gasteiger partial charge in [0.05, 0.1) is 5.69 Å². The molecule has 1 aromatic heterocycles. The van der Waals surface area contributed by atoms with Gasteiger partial charge in [-0.1, -0.05) is 5.21 Å². The van der Waals surface area contributed by atoms with E-state index in [1.165, 1.54) is 0 Å². The summed E-state index contributed by atoms with van der Waals surface area (Å²) in [7, 11) is 5.64. The molecule has 2 radical (unpaired) electrons. The first kappa shape index (κ1) is 7.31. The lowest BCUT2D eigenvalue weighted by Gasteiger charge is -2.05. The Kier molecular flexibility index (Phi) is 1.79. The third-order valence-corrected chi connectivity index (χ3v) is 1.40. The summed E-state index contributed by atoms with van der Waals surface area (Å²) in [5.74, 6) is 0. The van der Waals surface area contributed by atoms with Crippen molar-refractivity contribution < 1.29 is 0 Å². The van der Waals surface area contributed by atoms with E-state index in [1.54, 1.807) is 4.68 Å². The molecule has 10 heavy (non-hydrogen) atoms. The molecule has 3 nitrogen and oxygen atoms in total. The molecule has 0 aromatic carbocycles. The van der Waals surface area contributed by atoms with Crippen LogP contribution in [0.3, 0.4) is 0 Å². The maximum atomic E-state index is 5.64. The second-order valence-corrected chi connectivity index (χ2v) is 2.60. The van der Waals surface area contributed by atoms with Crippen molar-refractivity contribution in [1.82, 2.24) is 15.0 Å². The van der Waals surface area contributed by atoms with Gasteiger partial charge in [-0.2, -0.15) is 0 Å². The van der Waals surface area contributed by atoms with Gasteiger partial charge in [-0.25, -0.2) is 0 Å². The molecule has 0 bridgehead atoms. The average Bonchev–Trinajstić information content (AvgIpc) is 2.14. The van der Waals surface area contributed by atoms with E-state index < -0.39 is 0 Å². The minimum atomic E-state index is 0.293. The van der Waals surface area contributed by atoms with Crippen LogP contribution in [0.5, 0.6) is 0 Å². The van der Waals surface area contributed by atoms with Gasteiger partial charge < -0.3 is 0 Å². The predicted octanol–water partition coefficient (Wildman–Crippen LogP) is -0.0388. The molecule has 0 aliphatic heterocycles. The van der Waals surface area contributed by atoms with Gasteiger partial charge in [0, 0.05) is 11.6 Å². The number of aryl methyl sites for hydroxylation is 1. The summed E-state index contributed by atoms with van der Waals surface area (Å²) in [6.07, 6.45) is 0. The first-order valence-corrected chi connectivity index (χ1v) is 3.30. The summed E-state index contributed by atoms with van der Waals surface area (Å²) in [6, 6.07) is 0.293. The van der Waals surface area contributed by atoms with Crippen LogP contribution in [0.1, 0.15) is 25.6 Å². The molecule has 0 saturated carbocycles. The zero-order valence-electron chi connectivity index (χ0n) is 6.50. The number of hydrogen-bond acceptors (Lipinski definition) is 2. The lowest BCUT2D eigenvalue weighted by molar-refractivity contribution is 0.525. The van der Waals surface area contributed by atoms with Crippen LogP contribution < -0.4 is 5.59 Å². The molecular formula is C6H10BN3. The summed E-state index contributed by atoms with van der Waals surface area (Å²) < 4.78 is 1.70. The minimum Gasteiger partial charge on any atom is -0.257 e. The third kappa shape index (κ3) is 1.06. The third-order valence-electron chi connectivity index (χ3n) is 1.40. The zero-order chi connectivity index (χ0) is 7.72. The Hall–Kier alpha value is -0.795. The van der Waals surface area contributed by atoms with Crippen molar-refractivity contribution in [3.05, 3.63) is 5.69 Å². The van der Waals surface area contributed by atoms with Gasteiger partial charge in [0.25, 0.3) is 0 Å². The van der Waals surface area contributed by atoms with Gasteiger partial charge in [0.15, 0.2) is 0 Å². The van der Waals surface area contributed by atoms with E-state index in [0.29, 0.717) is 11.6 Å². The first-order valence-electron chi connectivity index (χ1n) is 3.30. The standard InChI is InChI=1S/C6H10BN3/c1-4(2)10-6(7)5(3)8-9-10/h4H,1-3H3. The Bertz CT molecular complexity index is 229. The molecule has 0 saturated heterocycles. The monoisotopic (exact) mass is 135 g/mol. The predicted molar refractivity (Wildman–Crippen MR) is 40.5 cm³/mol. The Morgan fingerprint density at radius 1 is 1.50 bits per heavy atom. The smallest absolute Gasteiger partial charge is 0.144 e. The van der Waals surface area contributed by atoms with Crippen LogP contribution in [-0.4, -0.2) is 22.8 Å². The second-order valence-electron chi connectivity index (χ2n) is 2.60. The Balaban J connectivity index is 3.05. The van der Waals surface area contributed by atoms with Gasteiger partial charge in [0.1, 0.15) is 7.85 Å². The molecule has 0 unspecified atom stereocenters. The van der Waals surface area contributed by atoms with Crippen molar-refractivity contribution in [3.8, 4) is 0 Å². The molecule has 0 atom stereocenters. The minimum absolute atomic E-state index is 0.293. The van der Waals surface area contributed by atoms with Gasteiger partial charge in [-0.15, -0.1) is 5.10 Å². The van der Waals surface area contributed by atoms with Crippen LogP contribution in [0.15, 0.2) is 0 Å². The molecule has 0 spiro atoms. The fourth-order valence-corrected chi connectivity index (χ4v) is 0.762. The summed E-state index contributed by atoms with van der Waals surface area (Å²) in [5.41, 5.74) is 1.46. The van der Waals surface area contributed by atoms with Gasteiger partial charge in [0.2, 0.25) is 0 Å². The fraction of sp³-hybridized carbons (Fsp3) is 0.667. The Morgan fingerprint density at radius 3 is 2.30 bits per heavy atom. The van der Waals surface area contributed by atoms with E-state index in [1.807, 2.05) is 20.8 Å². The van der Waals surface area contributed by atoms with Crippen molar-refractivity contribution in [1.29, 1.82) is 0 Å². The first-order chi connectivity index (χ1) is 4.63. The number of hydrogen-bond donors (Lipinski definition) is 0. The Labute approximate surface area is 61.8 Å². The summed E-state index contributed by atoms with van der Waals surface area (Å²) in [6.45, 7) is 5.89. The highest BCUT2D eigenvalue weighted by molar-refractivity contribution is 6.31. The molecule has 1 rings (SSSR count). The molecule has 0 amide bonds. The molecule has 0 N–H and O–H groups in total. The molecular weight excluding hydrogens is 125 g/mol. The van der Waals surface area contributed by atoms with Gasteiger partial charge in [-0.3, -0.25) is 4.68 Å². The van der Waals surface area contributed by atoms with Gasteiger partial charge in [-0.05, 0) is 20.8 Å². The van der Waals surface area contributed by atoms with Crippen LogP contribution in [0.2, 0.25) is 0 Å². The number of nitrogens with zero attached hydrogens (tertiary/aromatic N) is 3.